The second-order valence-corrected chi connectivity index (χ2v) is 17.6. The lowest BCUT2D eigenvalue weighted by molar-refractivity contribution is 0.369. The lowest BCUT2D eigenvalue weighted by Gasteiger charge is -2.48. The van der Waals surface area contributed by atoms with E-state index >= 15 is 0 Å². The van der Waals surface area contributed by atoms with Crippen LogP contribution >= 0.6 is 0 Å². The van der Waals surface area contributed by atoms with Crippen LogP contribution in [0.2, 0.25) is 0 Å². The SMILES string of the molecule is CC1(C)c2ccccc2-c2ccc(N(c3ccccc3)c3cccc4c3[C@]3(CCCc5cccc(N(c6ccccc6)c6cccc(-c7ccccc7)c6)c53)CCC4)cc21. The highest BCUT2D eigenvalue weighted by atomic mass is 15.2. The minimum atomic E-state index is -0.183. The van der Waals surface area contributed by atoms with Gasteiger partial charge in [0.25, 0.3) is 0 Å². The van der Waals surface area contributed by atoms with Crippen molar-refractivity contribution in [3.05, 3.63) is 228 Å². The number of hydrogen-bond acceptors (Lipinski definition) is 2. The van der Waals surface area contributed by atoms with Gasteiger partial charge in [0.15, 0.2) is 0 Å². The summed E-state index contributed by atoms with van der Waals surface area (Å²) in [6.07, 6.45) is 6.72. The number of hydrogen-bond donors (Lipinski definition) is 0. The molecular formula is C58H50N2. The molecule has 2 heteroatoms. The van der Waals surface area contributed by atoms with E-state index in [4.69, 9.17) is 0 Å². The predicted octanol–water partition coefficient (Wildman–Crippen LogP) is 15.6. The second kappa shape index (κ2) is 14.6. The van der Waals surface area contributed by atoms with Gasteiger partial charge in [-0.2, -0.15) is 0 Å². The second-order valence-electron chi connectivity index (χ2n) is 17.6. The molecule has 0 amide bonds. The van der Waals surface area contributed by atoms with Crippen LogP contribution in [0.4, 0.5) is 34.1 Å². The van der Waals surface area contributed by atoms with Gasteiger partial charge >= 0.3 is 0 Å². The summed E-state index contributed by atoms with van der Waals surface area (Å²) in [5, 5.41) is 0. The van der Waals surface area contributed by atoms with Gasteiger partial charge in [0.2, 0.25) is 0 Å². The van der Waals surface area contributed by atoms with E-state index in [0.29, 0.717) is 0 Å². The maximum absolute atomic E-state index is 2.58. The van der Waals surface area contributed by atoms with Crippen molar-refractivity contribution in [1.82, 2.24) is 0 Å². The van der Waals surface area contributed by atoms with Gasteiger partial charge in [0.1, 0.15) is 0 Å². The average Bonchev–Trinajstić information content (AvgIpc) is 3.53. The lowest BCUT2D eigenvalue weighted by atomic mass is 9.59. The zero-order valence-electron chi connectivity index (χ0n) is 34.6. The van der Waals surface area contributed by atoms with E-state index in [-0.39, 0.29) is 10.8 Å². The minimum absolute atomic E-state index is 0.0996. The zero-order chi connectivity index (χ0) is 40.3. The molecule has 8 aromatic carbocycles. The van der Waals surface area contributed by atoms with Crippen molar-refractivity contribution in [3.8, 4) is 22.3 Å². The molecule has 3 aliphatic rings. The van der Waals surface area contributed by atoms with E-state index in [1.54, 1.807) is 0 Å². The van der Waals surface area contributed by atoms with E-state index in [9.17, 15) is 0 Å². The Labute approximate surface area is 355 Å². The first-order valence-corrected chi connectivity index (χ1v) is 21.9. The Morgan fingerprint density at radius 1 is 0.383 bits per heavy atom. The number of nitrogens with zero attached hydrogens (tertiary/aromatic N) is 2. The Morgan fingerprint density at radius 3 is 1.48 bits per heavy atom. The minimum Gasteiger partial charge on any atom is -0.310 e. The van der Waals surface area contributed by atoms with E-state index < -0.39 is 0 Å². The molecule has 0 bridgehead atoms. The highest BCUT2D eigenvalue weighted by Gasteiger charge is 2.46. The molecule has 0 N–H and O–H groups in total. The van der Waals surface area contributed by atoms with Crippen molar-refractivity contribution in [2.45, 2.75) is 63.2 Å². The summed E-state index contributed by atoms with van der Waals surface area (Å²) in [4.78, 5) is 5.13. The number of anilines is 6. The van der Waals surface area contributed by atoms with Crippen LogP contribution in [0, 0.1) is 0 Å². The van der Waals surface area contributed by atoms with Crippen molar-refractivity contribution in [1.29, 1.82) is 0 Å². The Morgan fingerprint density at radius 2 is 0.867 bits per heavy atom. The Hall–Kier alpha value is -6.64. The molecule has 1 spiro atoms. The molecule has 11 rings (SSSR count). The normalized spacial score (nSPS) is 17.0. The van der Waals surface area contributed by atoms with Crippen LogP contribution in [0.5, 0.6) is 0 Å². The fourth-order valence-electron chi connectivity index (χ4n) is 11.3. The summed E-state index contributed by atoms with van der Waals surface area (Å²) in [6.45, 7) is 4.78. The number of rotatable bonds is 7. The quantitative estimate of drug-likeness (QED) is 0.159. The molecular weight excluding hydrogens is 725 g/mol. The van der Waals surface area contributed by atoms with Crippen LogP contribution < -0.4 is 9.80 Å². The summed E-state index contributed by atoms with van der Waals surface area (Å²) >= 11 is 0. The number of aryl methyl sites for hydroxylation is 2. The summed E-state index contributed by atoms with van der Waals surface area (Å²) in [5.74, 6) is 0. The number of fused-ring (bicyclic) bond motifs is 7. The van der Waals surface area contributed by atoms with Crippen LogP contribution in [-0.4, -0.2) is 0 Å². The van der Waals surface area contributed by atoms with Gasteiger partial charge < -0.3 is 9.80 Å². The van der Waals surface area contributed by atoms with Gasteiger partial charge in [-0.1, -0.05) is 147 Å². The van der Waals surface area contributed by atoms with E-state index in [1.807, 2.05) is 0 Å². The van der Waals surface area contributed by atoms with Gasteiger partial charge in [-0.25, -0.2) is 0 Å². The maximum Gasteiger partial charge on any atom is 0.0505 e. The fourth-order valence-corrected chi connectivity index (χ4v) is 11.3. The standard InChI is InChI=1S/C58H50N2/c1-57(2)51-32-13-12-31-49(51)50-36-35-48(40-52(50)57)60(46-28-10-5-11-29-46)54-34-16-22-43-25-18-38-58(56(43)54)37-17-24-42-21-15-33-53(55(42)58)59(45-26-8-4-9-27-45)47-30-14-23-44(39-47)41-19-6-3-7-20-41/h3-16,19-23,26-36,39-40H,17-18,24-25,37-38H2,1-2H3/t58-/m1/s1. The van der Waals surface area contributed by atoms with Gasteiger partial charge in [-0.15, -0.1) is 0 Å². The molecule has 2 nitrogen and oxygen atoms in total. The van der Waals surface area contributed by atoms with Crippen LogP contribution in [0.25, 0.3) is 22.3 Å². The third-order valence-corrected chi connectivity index (χ3v) is 13.9. The van der Waals surface area contributed by atoms with E-state index in [1.165, 1.54) is 89.8 Å². The van der Waals surface area contributed by atoms with Gasteiger partial charge in [0.05, 0.1) is 11.4 Å². The van der Waals surface area contributed by atoms with Crippen LogP contribution in [-0.2, 0) is 23.7 Å². The molecule has 60 heavy (non-hydrogen) atoms. The largest absolute Gasteiger partial charge is 0.310 e. The van der Waals surface area contributed by atoms with Crippen molar-refractivity contribution < 1.29 is 0 Å². The monoisotopic (exact) mass is 774 g/mol. The van der Waals surface area contributed by atoms with Gasteiger partial charge in [0, 0.05) is 33.6 Å². The van der Waals surface area contributed by atoms with E-state index in [2.05, 4.69) is 218 Å². The van der Waals surface area contributed by atoms with Crippen molar-refractivity contribution in [3.63, 3.8) is 0 Å². The molecule has 0 saturated carbocycles. The Kier molecular flexibility index (Phi) is 8.85. The van der Waals surface area contributed by atoms with E-state index in [0.717, 1.165) is 38.5 Å². The maximum atomic E-state index is 2.58. The topological polar surface area (TPSA) is 6.48 Å². The predicted molar refractivity (Wildman–Crippen MR) is 252 cm³/mol. The third-order valence-electron chi connectivity index (χ3n) is 13.9. The van der Waals surface area contributed by atoms with Crippen LogP contribution in [0.3, 0.4) is 0 Å². The highest BCUT2D eigenvalue weighted by Crippen LogP contribution is 2.58. The third kappa shape index (κ3) is 5.84. The molecule has 0 heterocycles. The molecule has 0 radical (unpaired) electrons. The molecule has 3 aliphatic carbocycles. The fraction of sp³-hybridized carbons (Fsp3) is 0.172. The first-order chi connectivity index (χ1) is 29.5. The average molecular weight is 775 g/mol. The number of benzene rings is 8. The van der Waals surface area contributed by atoms with Crippen LogP contribution in [0.15, 0.2) is 194 Å². The van der Waals surface area contributed by atoms with Crippen LogP contribution in [0.1, 0.15) is 72.9 Å². The number of para-hydroxylation sites is 2. The van der Waals surface area contributed by atoms with Gasteiger partial charge in [-0.3, -0.25) is 0 Å². The zero-order valence-corrected chi connectivity index (χ0v) is 34.6. The van der Waals surface area contributed by atoms with Crippen molar-refractivity contribution >= 4 is 34.1 Å². The summed E-state index contributed by atoms with van der Waals surface area (Å²) in [5.41, 5.74) is 21.0. The van der Waals surface area contributed by atoms with Crippen molar-refractivity contribution in [2.75, 3.05) is 9.80 Å². The Bertz CT molecular complexity index is 2850. The summed E-state index contributed by atoms with van der Waals surface area (Å²) in [6, 6.07) is 72.6. The molecule has 1 atom stereocenters. The molecule has 0 fully saturated rings. The molecule has 292 valence electrons. The Balaban J connectivity index is 1.14. The molecule has 8 aromatic rings. The van der Waals surface area contributed by atoms with Gasteiger partial charge in [-0.05, 0) is 155 Å². The molecule has 0 unspecified atom stereocenters. The lowest BCUT2D eigenvalue weighted by Crippen LogP contribution is -2.38. The molecule has 0 aliphatic heterocycles. The summed E-state index contributed by atoms with van der Waals surface area (Å²) in [7, 11) is 0. The first-order valence-electron chi connectivity index (χ1n) is 21.9. The molecule has 0 aromatic heterocycles. The first kappa shape index (κ1) is 36.4. The summed E-state index contributed by atoms with van der Waals surface area (Å²) < 4.78 is 0. The highest BCUT2D eigenvalue weighted by molar-refractivity contribution is 5.88. The smallest absolute Gasteiger partial charge is 0.0505 e. The molecule has 0 saturated heterocycles. The van der Waals surface area contributed by atoms with Crippen molar-refractivity contribution in [2.24, 2.45) is 0 Å².